The minimum absolute atomic E-state index is 0.108. The Morgan fingerprint density at radius 1 is 1.13 bits per heavy atom. The molecule has 2 N–H and O–H groups in total. The van der Waals surface area contributed by atoms with Crippen LogP contribution in [0.2, 0.25) is 0 Å². The van der Waals surface area contributed by atoms with Gasteiger partial charge in [0.05, 0.1) is 6.54 Å². The number of piperidine rings is 1. The predicted octanol–water partition coefficient (Wildman–Crippen LogP) is -0.180. The van der Waals surface area contributed by atoms with Gasteiger partial charge < -0.3 is 25.3 Å². The van der Waals surface area contributed by atoms with Crippen LogP contribution < -0.4 is 15.5 Å². The van der Waals surface area contributed by atoms with Crippen LogP contribution in [0.4, 0.5) is 5.69 Å². The van der Waals surface area contributed by atoms with Crippen molar-refractivity contribution in [3.8, 4) is 0 Å². The third-order valence-corrected chi connectivity index (χ3v) is 5.62. The molecule has 9 nitrogen and oxygen atoms in total. The van der Waals surface area contributed by atoms with E-state index in [4.69, 9.17) is 0 Å². The van der Waals surface area contributed by atoms with Crippen molar-refractivity contribution in [1.29, 1.82) is 0 Å². The van der Waals surface area contributed by atoms with Crippen molar-refractivity contribution in [2.75, 3.05) is 45.2 Å². The number of anilines is 1. The van der Waals surface area contributed by atoms with E-state index in [2.05, 4.69) is 10.6 Å². The van der Waals surface area contributed by atoms with Gasteiger partial charge in [-0.1, -0.05) is 0 Å². The lowest BCUT2D eigenvalue weighted by Gasteiger charge is -2.40. The number of rotatable bonds is 4. The molecule has 2 unspecified atom stereocenters. The molecule has 3 rings (SSSR count). The molecule has 1 aromatic rings. The normalized spacial score (nSPS) is 21.6. The number of nitrogens with one attached hydrogen (secondary N) is 2. The lowest BCUT2D eigenvalue weighted by Crippen LogP contribution is -2.63. The molecule has 0 bridgehead atoms. The second-order valence-corrected chi connectivity index (χ2v) is 7.92. The molecule has 2 fully saturated rings. The summed E-state index contributed by atoms with van der Waals surface area (Å²) in [7, 11) is 3.83. The second-order valence-electron chi connectivity index (χ2n) is 7.92. The molecule has 2 atom stereocenters. The van der Waals surface area contributed by atoms with Gasteiger partial charge in [0.2, 0.25) is 17.7 Å². The summed E-state index contributed by atoms with van der Waals surface area (Å²) in [5.41, 5.74) is 1.44. The molecule has 30 heavy (non-hydrogen) atoms. The van der Waals surface area contributed by atoms with Crippen LogP contribution in [0.5, 0.6) is 0 Å². The zero-order valence-corrected chi connectivity index (χ0v) is 17.7. The third kappa shape index (κ3) is 4.72. The van der Waals surface area contributed by atoms with E-state index in [1.54, 1.807) is 17.0 Å². The topological polar surface area (TPSA) is 102 Å². The highest BCUT2D eigenvalue weighted by atomic mass is 16.2. The number of benzene rings is 1. The maximum absolute atomic E-state index is 13.2. The van der Waals surface area contributed by atoms with Gasteiger partial charge in [0.1, 0.15) is 12.1 Å². The Labute approximate surface area is 176 Å². The van der Waals surface area contributed by atoms with Crippen molar-refractivity contribution < 1.29 is 19.2 Å². The van der Waals surface area contributed by atoms with Gasteiger partial charge in [-0.3, -0.25) is 19.2 Å². The first-order valence-electron chi connectivity index (χ1n) is 10.2. The summed E-state index contributed by atoms with van der Waals surface area (Å²) in [6.07, 6.45) is 1.34. The molecule has 9 heteroatoms. The van der Waals surface area contributed by atoms with Crippen LogP contribution in [0.15, 0.2) is 24.3 Å². The minimum Gasteiger partial charge on any atom is -0.378 e. The van der Waals surface area contributed by atoms with Crippen LogP contribution >= 0.6 is 0 Å². The Kier molecular flexibility index (Phi) is 6.59. The Bertz CT molecular complexity index is 823. The summed E-state index contributed by atoms with van der Waals surface area (Å²) < 4.78 is 0. The first-order valence-corrected chi connectivity index (χ1v) is 10.2. The molecule has 2 heterocycles. The zero-order chi connectivity index (χ0) is 21.8. The molecule has 0 saturated carbocycles. The van der Waals surface area contributed by atoms with E-state index in [-0.39, 0.29) is 30.8 Å². The number of nitrogens with zero attached hydrogens (tertiary/aromatic N) is 3. The highest BCUT2D eigenvalue weighted by molar-refractivity contribution is 5.99. The molecule has 0 aliphatic carbocycles. The summed E-state index contributed by atoms with van der Waals surface area (Å²) in [6, 6.07) is 5.70. The molecule has 0 aromatic heterocycles. The average molecular weight is 415 g/mol. The fourth-order valence-electron chi connectivity index (χ4n) is 3.78. The van der Waals surface area contributed by atoms with Crippen molar-refractivity contribution in [3.05, 3.63) is 29.8 Å². The van der Waals surface area contributed by atoms with Crippen molar-refractivity contribution in [2.45, 2.75) is 31.8 Å². The molecule has 0 radical (unpaired) electrons. The lowest BCUT2D eigenvalue weighted by molar-refractivity contribution is -0.137. The van der Waals surface area contributed by atoms with Crippen LogP contribution in [0.1, 0.15) is 30.1 Å². The summed E-state index contributed by atoms with van der Waals surface area (Å²) in [4.78, 5) is 55.1. The summed E-state index contributed by atoms with van der Waals surface area (Å²) in [5, 5.41) is 5.51. The van der Waals surface area contributed by atoms with E-state index in [9.17, 15) is 19.2 Å². The quantitative estimate of drug-likeness (QED) is 0.710. The molecule has 0 spiro atoms. The molecule has 2 saturated heterocycles. The molecular weight excluding hydrogens is 386 g/mol. The first kappa shape index (κ1) is 21.6. The molecule has 2 aliphatic heterocycles. The second kappa shape index (κ2) is 9.15. The van der Waals surface area contributed by atoms with E-state index >= 15 is 0 Å². The van der Waals surface area contributed by atoms with E-state index in [0.717, 1.165) is 12.1 Å². The van der Waals surface area contributed by atoms with Gasteiger partial charge in [-0.25, -0.2) is 0 Å². The first-order chi connectivity index (χ1) is 14.3. The summed E-state index contributed by atoms with van der Waals surface area (Å²) >= 11 is 0. The van der Waals surface area contributed by atoms with Crippen molar-refractivity contribution in [1.82, 2.24) is 20.4 Å². The van der Waals surface area contributed by atoms with Crippen LogP contribution in [-0.2, 0) is 14.4 Å². The van der Waals surface area contributed by atoms with Crippen LogP contribution in [-0.4, -0.2) is 85.8 Å². The summed E-state index contributed by atoms with van der Waals surface area (Å²) in [5.74, 6) is -1.05. The number of amides is 4. The lowest BCUT2D eigenvalue weighted by atomic mass is 10.0. The van der Waals surface area contributed by atoms with Gasteiger partial charge in [-0.2, -0.15) is 0 Å². The summed E-state index contributed by atoms with van der Waals surface area (Å²) in [6.45, 7) is 2.77. The Morgan fingerprint density at radius 3 is 2.43 bits per heavy atom. The van der Waals surface area contributed by atoms with Gasteiger partial charge in [-0.05, 0) is 37.1 Å². The minimum atomic E-state index is -0.849. The van der Waals surface area contributed by atoms with E-state index < -0.39 is 18.0 Å². The van der Waals surface area contributed by atoms with Crippen molar-refractivity contribution >= 4 is 29.3 Å². The standard InChI is InChI=1S/C21H29N5O4/c1-14(27)25-11-12-26(21(30)15-6-8-16(9-7-15)24(2)3)18(13-25)20(29)23-17-5-4-10-22-19(17)28/h6-9,17-18H,4-5,10-13H2,1-3H3,(H,22,28)(H,23,29). The van der Waals surface area contributed by atoms with Gasteiger partial charge in [0, 0.05) is 51.9 Å². The van der Waals surface area contributed by atoms with Crippen LogP contribution in [0, 0.1) is 0 Å². The van der Waals surface area contributed by atoms with E-state index in [1.807, 2.05) is 31.1 Å². The third-order valence-electron chi connectivity index (χ3n) is 5.62. The SMILES string of the molecule is CC(=O)N1CCN(C(=O)c2ccc(N(C)C)cc2)C(C(=O)NC2CCCNC2=O)C1. The number of carbonyl (C=O) groups is 4. The van der Waals surface area contributed by atoms with Gasteiger partial charge in [0.15, 0.2) is 0 Å². The smallest absolute Gasteiger partial charge is 0.254 e. The number of piperazine rings is 1. The highest BCUT2D eigenvalue weighted by Gasteiger charge is 2.38. The Morgan fingerprint density at radius 2 is 1.83 bits per heavy atom. The maximum atomic E-state index is 13.2. The maximum Gasteiger partial charge on any atom is 0.254 e. The van der Waals surface area contributed by atoms with Gasteiger partial charge >= 0.3 is 0 Å². The largest absolute Gasteiger partial charge is 0.378 e. The van der Waals surface area contributed by atoms with Crippen molar-refractivity contribution in [3.63, 3.8) is 0 Å². The van der Waals surface area contributed by atoms with Crippen LogP contribution in [0.25, 0.3) is 0 Å². The van der Waals surface area contributed by atoms with E-state index in [0.29, 0.717) is 25.1 Å². The van der Waals surface area contributed by atoms with Gasteiger partial charge in [0.25, 0.3) is 5.91 Å². The average Bonchev–Trinajstić information content (AvgIpc) is 2.74. The molecular formula is C21H29N5O4. The highest BCUT2D eigenvalue weighted by Crippen LogP contribution is 2.18. The molecule has 4 amide bonds. The Balaban J connectivity index is 1.79. The number of hydrogen-bond donors (Lipinski definition) is 2. The molecule has 162 valence electrons. The fourth-order valence-corrected chi connectivity index (χ4v) is 3.78. The fraction of sp³-hybridized carbons (Fsp3) is 0.524. The molecule has 2 aliphatic rings. The van der Waals surface area contributed by atoms with Gasteiger partial charge in [-0.15, -0.1) is 0 Å². The number of carbonyl (C=O) groups excluding carboxylic acids is 4. The number of hydrogen-bond acceptors (Lipinski definition) is 5. The monoisotopic (exact) mass is 415 g/mol. The van der Waals surface area contributed by atoms with Crippen molar-refractivity contribution in [2.24, 2.45) is 0 Å². The van der Waals surface area contributed by atoms with Crippen LogP contribution in [0.3, 0.4) is 0 Å². The van der Waals surface area contributed by atoms with E-state index in [1.165, 1.54) is 11.8 Å². The predicted molar refractivity (Wildman–Crippen MR) is 112 cm³/mol. The Hall–Kier alpha value is -3.10. The zero-order valence-electron chi connectivity index (χ0n) is 17.7. The molecule has 1 aromatic carbocycles.